The Bertz CT molecular complexity index is 922. The fourth-order valence-corrected chi connectivity index (χ4v) is 5.74. The molecule has 1 fully saturated rings. The quantitative estimate of drug-likeness (QED) is 0.329. The number of nitrogens with one attached hydrogen (secondary N) is 1. The van der Waals surface area contributed by atoms with E-state index in [4.69, 9.17) is 39.5 Å². The van der Waals surface area contributed by atoms with Crippen LogP contribution in [0.2, 0.25) is 0 Å². The summed E-state index contributed by atoms with van der Waals surface area (Å²) in [6, 6.07) is 8.02. The lowest BCUT2D eigenvalue weighted by molar-refractivity contribution is -0.153. The molecule has 2 amide bonds. The van der Waals surface area contributed by atoms with Gasteiger partial charge >= 0.3 is 5.97 Å². The van der Waals surface area contributed by atoms with Crippen LogP contribution in [0, 0.1) is 0 Å². The summed E-state index contributed by atoms with van der Waals surface area (Å²) in [4.78, 5) is 38.8. The van der Waals surface area contributed by atoms with E-state index in [9.17, 15) is 18.6 Å². The molecular weight excluding hydrogens is 543 g/mol. The number of hydrogen-bond donors (Lipinski definition) is 1. The number of halogens is 4. The Labute approximate surface area is 198 Å². The van der Waals surface area contributed by atoms with Crippen LogP contribution < -0.4 is 5.32 Å². The molecule has 12 heteroatoms. The molecule has 0 bridgehead atoms. The highest BCUT2D eigenvalue weighted by atomic mass is 79.9. The maximum atomic E-state index is 12.7. The summed E-state index contributed by atoms with van der Waals surface area (Å²) in [5, 5.41) is 1.96. The van der Waals surface area contributed by atoms with Gasteiger partial charge in [0.2, 0.25) is 9.70 Å². The average Bonchev–Trinajstić information content (AvgIpc) is 2.69. The lowest BCUT2D eigenvalue weighted by Gasteiger charge is -2.49. The van der Waals surface area contributed by atoms with E-state index >= 15 is 0 Å². The molecule has 0 radical (unpaired) electrons. The summed E-state index contributed by atoms with van der Waals surface area (Å²) in [5.74, 6) is -1.75. The second-order valence-corrected chi connectivity index (χ2v) is 11.2. The van der Waals surface area contributed by atoms with Gasteiger partial charge in [0.25, 0.3) is 5.91 Å². The highest BCUT2D eigenvalue weighted by Gasteiger charge is 2.57. The van der Waals surface area contributed by atoms with Crippen molar-refractivity contribution in [3.05, 3.63) is 47.2 Å². The number of esters is 1. The molecule has 2 heterocycles. The van der Waals surface area contributed by atoms with Crippen LogP contribution in [0.5, 0.6) is 0 Å². The smallest absolute Gasteiger partial charge is 0.355 e. The van der Waals surface area contributed by atoms with Gasteiger partial charge in [-0.2, -0.15) is 0 Å². The van der Waals surface area contributed by atoms with E-state index < -0.39 is 44.5 Å². The van der Waals surface area contributed by atoms with Crippen LogP contribution in [-0.4, -0.2) is 59.8 Å². The topological polar surface area (TPSA) is 92.8 Å². The van der Waals surface area contributed by atoms with Crippen LogP contribution in [0.1, 0.15) is 5.56 Å². The van der Waals surface area contributed by atoms with Crippen molar-refractivity contribution >= 4 is 79.3 Å². The van der Waals surface area contributed by atoms with Gasteiger partial charge in [-0.15, -0.1) is 0 Å². The summed E-state index contributed by atoms with van der Waals surface area (Å²) in [6.45, 7) is -0.511. The molecule has 1 saturated heterocycles. The molecule has 3 rings (SSSR count). The molecule has 2 aliphatic rings. The second kappa shape index (κ2) is 9.56. The second-order valence-electron chi connectivity index (χ2n) is 6.61. The Morgan fingerprint density at radius 1 is 1.27 bits per heavy atom. The molecule has 0 saturated carbocycles. The molecule has 0 spiro atoms. The highest BCUT2D eigenvalue weighted by molar-refractivity contribution is 9.09. The van der Waals surface area contributed by atoms with E-state index in [1.165, 1.54) is 0 Å². The summed E-state index contributed by atoms with van der Waals surface area (Å²) >= 11 is 20.1. The van der Waals surface area contributed by atoms with E-state index in [0.717, 1.165) is 10.5 Å². The summed E-state index contributed by atoms with van der Waals surface area (Å²) in [6.07, 6.45) is 0.0740. The third kappa shape index (κ3) is 5.19. The van der Waals surface area contributed by atoms with Gasteiger partial charge in [-0.05, 0) is 11.1 Å². The lowest BCUT2D eigenvalue weighted by Crippen LogP contribution is -2.73. The number of fused-ring (bicyclic) bond motifs is 1. The molecular formula is C18H16BrCl3N2O5S. The number of amides is 2. The fraction of sp³-hybridized carbons (Fsp3) is 0.389. The first kappa shape index (κ1) is 23.5. The first-order valence-electron chi connectivity index (χ1n) is 8.67. The largest absolute Gasteiger partial charge is 0.456 e. The Morgan fingerprint density at radius 2 is 1.93 bits per heavy atom. The van der Waals surface area contributed by atoms with Gasteiger partial charge < -0.3 is 10.1 Å². The summed E-state index contributed by atoms with van der Waals surface area (Å²) < 4.78 is 15.9. The Morgan fingerprint density at radius 3 is 2.53 bits per heavy atom. The molecule has 0 aromatic heterocycles. The van der Waals surface area contributed by atoms with Crippen LogP contribution in [-0.2, 0) is 36.3 Å². The SMILES string of the molecule is O=C(Cc1ccccc1)N[C@@H]1C(=O)N2C(C(=O)OCC(Cl)(Cl)Cl)=C(CBr)CS(=O)[C@H]12. The Balaban J connectivity index is 1.74. The average molecular weight is 559 g/mol. The third-order valence-electron chi connectivity index (χ3n) is 4.45. The van der Waals surface area contributed by atoms with Gasteiger partial charge in [0.05, 0.1) is 23.0 Å². The molecule has 30 heavy (non-hydrogen) atoms. The van der Waals surface area contributed by atoms with Crippen LogP contribution >= 0.6 is 50.7 Å². The van der Waals surface area contributed by atoms with Gasteiger partial charge in [0.15, 0.2) is 0 Å². The van der Waals surface area contributed by atoms with Crippen molar-refractivity contribution in [3.63, 3.8) is 0 Å². The highest BCUT2D eigenvalue weighted by Crippen LogP contribution is 2.36. The number of rotatable bonds is 6. The number of nitrogens with zero attached hydrogens (tertiary/aromatic N) is 1. The summed E-state index contributed by atoms with van der Waals surface area (Å²) in [7, 11) is -1.51. The molecule has 0 aliphatic carbocycles. The predicted molar refractivity (Wildman–Crippen MR) is 118 cm³/mol. The zero-order chi connectivity index (χ0) is 22.1. The van der Waals surface area contributed by atoms with Crippen LogP contribution in [0.4, 0.5) is 0 Å². The lowest BCUT2D eigenvalue weighted by atomic mass is 10.0. The van der Waals surface area contributed by atoms with Gasteiger partial charge in [0.1, 0.15) is 23.7 Å². The van der Waals surface area contributed by atoms with E-state index in [1.807, 2.05) is 6.07 Å². The molecule has 1 aromatic carbocycles. The molecule has 1 unspecified atom stereocenters. The molecule has 3 atom stereocenters. The fourth-order valence-electron chi connectivity index (χ4n) is 3.17. The minimum absolute atomic E-state index is 0.0377. The normalized spacial score (nSPS) is 23.5. The number of alkyl halides is 4. The van der Waals surface area contributed by atoms with Gasteiger partial charge in [-0.1, -0.05) is 81.1 Å². The molecule has 162 valence electrons. The number of carbonyl (C=O) groups excluding carboxylic acids is 3. The van der Waals surface area contributed by atoms with E-state index in [2.05, 4.69) is 21.2 Å². The van der Waals surface area contributed by atoms with Crippen LogP contribution in [0.3, 0.4) is 0 Å². The Hall–Kier alpha value is -1.13. The maximum Gasteiger partial charge on any atom is 0.355 e. The predicted octanol–water partition coefficient (Wildman–Crippen LogP) is 2.21. The molecule has 7 nitrogen and oxygen atoms in total. The van der Waals surface area contributed by atoms with Crippen molar-refractivity contribution in [3.8, 4) is 0 Å². The number of benzene rings is 1. The van der Waals surface area contributed by atoms with Crippen LogP contribution in [0.25, 0.3) is 0 Å². The van der Waals surface area contributed by atoms with Crippen molar-refractivity contribution < 1.29 is 23.3 Å². The monoisotopic (exact) mass is 556 g/mol. The van der Waals surface area contributed by atoms with Crippen molar-refractivity contribution in [1.82, 2.24) is 10.2 Å². The van der Waals surface area contributed by atoms with Crippen molar-refractivity contribution in [2.75, 3.05) is 17.7 Å². The molecule has 1 N–H and O–H groups in total. The maximum absolute atomic E-state index is 12.7. The van der Waals surface area contributed by atoms with Gasteiger partial charge in [0, 0.05) is 5.33 Å². The zero-order valence-electron chi connectivity index (χ0n) is 15.3. The zero-order valence-corrected chi connectivity index (χ0v) is 19.9. The molecule has 1 aromatic rings. The number of ether oxygens (including phenoxy) is 1. The minimum atomic E-state index is -1.81. The third-order valence-corrected chi connectivity index (χ3v) is 7.11. The number of β-lactam (4-membered cyclic amide) rings is 1. The first-order chi connectivity index (χ1) is 14.1. The standard InChI is InChI=1S/C18H16BrCl3N2O5S/c19-7-11-8-30(28)16-13(23-12(25)6-10-4-2-1-3-5-10)15(26)24(16)14(11)17(27)29-9-18(20,21)22/h1-5,13,16H,6-9H2,(H,23,25)/t13-,16-,30?/m1/s1. The van der Waals surface area contributed by atoms with Crippen molar-refractivity contribution in [2.24, 2.45) is 0 Å². The van der Waals surface area contributed by atoms with E-state index in [-0.39, 0.29) is 29.1 Å². The number of carbonyl (C=O) groups is 3. The van der Waals surface area contributed by atoms with E-state index in [1.54, 1.807) is 24.3 Å². The van der Waals surface area contributed by atoms with Crippen LogP contribution in [0.15, 0.2) is 41.6 Å². The summed E-state index contributed by atoms with van der Waals surface area (Å²) in [5.41, 5.74) is 1.17. The molecule has 2 aliphatic heterocycles. The van der Waals surface area contributed by atoms with Gasteiger partial charge in [-0.3, -0.25) is 18.7 Å². The minimum Gasteiger partial charge on any atom is -0.456 e. The van der Waals surface area contributed by atoms with Crippen molar-refractivity contribution in [2.45, 2.75) is 21.6 Å². The first-order valence-corrected chi connectivity index (χ1v) is 12.3. The van der Waals surface area contributed by atoms with Crippen molar-refractivity contribution in [1.29, 1.82) is 0 Å². The Kier molecular flexibility index (Phi) is 7.50. The number of hydrogen-bond acceptors (Lipinski definition) is 5. The van der Waals surface area contributed by atoms with E-state index in [0.29, 0.717) is 5.57 Å². The van der Waals surface area contributed by atoms with Gasteiger partial charge in [-0.25, -0.2) is 4.79 Å².